The number of anilines is 2. The molecule has 2 heteroatoms. The van der Waals surface area contributed by atoms with E-state index in [-0.39, 0.29) is 16.2 Å². The highest BCUT2D eigenvalue weighted by Gasteiger charge is 2.39. The van der Waals surface area contributed by atoms with Gasteiger partial charge < -0.3 is 4.90 Å². The summed E-state index contributed by atoms with van der Waals surface area (Å²) in [7, 11) is 0. The quantitative estimate of drug-likeness (QED) is 0.180. The first-order chi connectivity index (χ1) is 22.1. The van der Waals surface area contributed by atoms with Crippen molar-refractivity contribution in [2.75, 3.05) is 4.90 Å². The lowest BCUT2D eigenvalue weighted by Gasteiger charge is -2.32. The van der Waals surface area contributed by atoms with E-state index in [4.69, 9.17) is 0 Å². The second kappa shape index (κ2) is 11.4. The Labute approximate surface area is 285 Å². The van der Waals surface area contributed by atoms with Crippen molar-refractivity contribution >= 4 is 57.2 Å². The normalized spacial score (nSPS) is 14.4. The number of hydrogen-bond acceptors (Lipinski definition) is 2. The zero-order valence-corrected chi connectivity index (χ0v) is 30.2. The van der Waals surface area contributed by atoms with Gasteiger partial charge in [0.15, 0.2) is 0 Å². The van der Waals surface area contributed by atoms with Gasteiger partial charge in [-0.3, -0.25) is 0 Å². The van der Waals surface area contributed by atoms with Crippen molar-refractivity contribution in [3.05, 3.63) is 142 Å². The van der Waals surface area contributed by atoms with E-state index < -0.39 is 0 Å². The minimum absolute atomic E-state index is 0.0396. The van der Waals surface area contributed by atoms with Crippen molar-refractivity contribution in [1.29, 1.82) is 0 Å². The molecule has 0 saturated carbocycles. The molecule has 0 bridgehead atoms. The van der Waals surface area contributed by atoms with Crippen LogP contribution < -0.4 is 14.7 Å². The Morgan fingerprint density at radius 3 is 1.94 bits per heavy atom. The number of fused-ring (bicyclic) bond motifs is 4. The molecule has 1 aliphatic rings. The molecule has 0 unspecified atom stereocenters. The molecule has 1 aromatic heterocycles. The molecule has 47 heavy (non-hydrogen) atoms. The highest BCUT2D eigenvalue weighted by molar-refractivity contribution is 7.17. The first kappa shape index (κ1) is 32.5. The van der Waals surface area contributed by atoms with Crippen molar-refractivity contribution in [2.24, 2.45) is 0 Å². The van der Waals surface area contributed by atoms with Gasteiger partial charge in [0, 0.05) is 21.4 Å². The second-order valence-corrected chi connectivity index (χ2v) is 16.4. The van der Waals surface area contributed by atoms with Gasteiger partial charge in [-0.2, -0.15) is 0 Å². The van der Waals surface area contributed by atoms with Crippen LogP contribution in [-0.2, 0) is 16.2 Å². The summed E-state index contributed by atoms with van der Waals surface area (Å²) in [4.78, 5) is 2.36. The van der Waals surface area contributed by atoms with Crippen molar-refractivity contribution < 1.29 is 0 Å². The van der Waals surface area contributed by atoms with Gasteiger partial charge in [-0.1, -0.05) is 142 Å². The van der Waals surface area contributed by atoms with Crippen molar-refractivity contribution in [3.8, 4) is 11.1 Å². The van der Waals surface area contributed by atoms with Crippen molar-refractivity contribution in [2.45, 2.75) is 71.6 Å². The van der Waals surface area contributed by atoms with Crippen LogP contribution in [-0.4, -0.2) is 0 Å². The summed E-state index contributed by atoms with van der Waals surface area (Å²) >= 11 is 1.77. The summed E-state index contributed by atoms with van der Waals surface area (Å²) < 4.78 is 2.32. The van der Waals surface area contributed by atoms with Gasteiger partial charge in [0.2, 0.25) is 0 Å². The van der Waals surface area contributed by atoms with Crippen LogP contribution in [0.15, 0.2) is 98.6 Å². The maximum Gasteiger partial charge on any atom is 0.0634 e. The van der Waals surface area contributed by atoms with Crippen LogP contribution in [0.25, 0.3) is 45.6 Å². The number of benzene rings is 4. The molecule has 5 aromatic rings. The summed E-state index contributed by atoms with van der Waals surface area (Å²) in [5, 5.41) is 2.19. The molecule has 0 fully saturated rings. The van der Waals surface area contributed by atoms with Gasteiger partial charge in [0.25, 0.3) is 0 Å². The van der Waals surface area contributed by atoms with Gasteiger partial charge in [-0.05, 0) is 90.7 Å². The highest BCUT2D eigenvalue weighted by atomic mass is 32.1. The zero-order valence-electron chi connectivity index (χ0n) is 29.3. The summed E-state index contributed by atoms with van der Waals surface area (Å²) in [6.45, 7) is 36.1. The minimum Gasteiger partial charge on any atom is -0.308 e. The lowest BCUT2D eigenvalue weighted by molar-refractivity contribution is 0.584. The summed E-state index contributed by atoms with van der Waals surface area (Å²) in [6.07, 6.45) is 6.00. The lowest BCUT2D eigenvalue weighted by Crippen LogP contribution is -2.28. The van der Waals surface area contributed by atoms with Gasteiger partial charge in [-0.15, -0.1) is 11.3 Å². The third-order valence-electron chi connectivity index (χ3n) is 9.89. The van der Waals surface area contributed by atoms with Crippen LogP contribution in [0.2, 0.25) is 0 Å². The molecule has 238 valence electrons. The van der Waals surface area contributed by atoms with Crippen LogP contribution in [0.3, 0.4) is 0 Å². The molecule has 0 radical (unpaired) electrons. The molecule has 0 saturated heterocycles. The second-order valence-electron chi connectivity index (χ2n) is 15.3. The largest absolute Gasteiger partial charge is 0.308 e. The van der Waals surface area contributed by atoms with Crippen molar-refractivity contribution in [3.63, 3.8) is 0 Å². The number of thiophene rings is 1. The predicted octanol–water partition coefficient (Wildman–Crippen LogP) is 11.6. The molecular weight excluding hydrogens is 587 g/mol. The number of rotatable bonds is 6. The van der Waals surface area contributed by atoms with Crippen molar-refractivity contribution in [1.82, 2.24) is 0 Å². The molecule has 1 aliphatic carbocycles. The zero-order chi connectivity index (χ0) is 34.1. The minimum atomic E-state index is -0.219. The van der Waals surface area contributed by atoms with E-state index in [0.717, 1.165) is 37.9 Å². The third kappa shape index (κ3) is 5.24. The summed E-state index contributed by atoms with van der Waals surface area (Å²) in [5.74, 6) is 0. The van der Waals surface area contributed by atoms with Gasteiger partial charge >= 0.3 is 0 Å². The monoisotopic (exact) mass is 633 g/mol. The van der Waals surface area contributed by atoms with E-state index in [1.807, 2.05) is 18.2 Å². The Bertz CT molecular complexity index is 2190. The Morgan fingerprint density at radius 1 is 0.745 bits per heavy atom. The van der Waals surface area contributed by atoms with E-state index in [0.29, 0.717) is 0 Å². The first-order valence-electron chi connectivity index (χ1n) is 16.5. The Morgan fingerprint density at radius 2 is 1.36 bits per heavy atom. The standard InChI is InChI=1S/C45H47NS/c1-13-32-33(14-2)41-35-25-22-30(44(8,9)10)26-36(35)45(11,12)37(41)27-39(32)46(31-23-20-29(21-24-31)43(5,6)7)38(15-3)42-28(4)34-18-16-17-19-40(34)47-42/h13-27H,1-4H2,5-12H3/b42-38-. The Kier molecular flexibility index (Phi) is 7.88. The van der Waals surface area contributed by atoms with Gasteiger partial charge in [0.05, 0.1) is 15.9 Å². The van der Waals surface area contributed by atoms with Crippen LogP contribution >= 0.6 is 11.3 Å². The molecule has 1 nitrogen and oxygen atoms in total. The fourth-order valence-corrected chi connectivity index (χ4v) is 8.28. The maximum absolute atomic E-state index is 4.58. The Hall–Kier alpha value is -4.40. The predicted molar refractivity (Wildman–Crippen MR) is 210 cm³/mol. The molecule has 4 aromatic carbocycles. The van der Waals surface area contributed by atoms with E-state index in [2.05, 4.69) is 159 Å². The average molecular weight is 634 g/mol. The maximum atomic E-state index is 4.58. The number of nitrogens with zero attached hydrogens (tertiary/aromatic N) is 1. The molecule has 0 N–H and O–H groups in total. The molecule has 0 aliphatic heterocycles. The number of hydrogen-bond donors (Lipinski definition) is 0. The van der Waals surface area contributed by atoms with E-state index >= 15 is 0 Å². The molecule has 0 atom stereocenters. The van der Waals surface area contributed by atoms with Crippen LogP contribution in [0.4, 0.5) is 11.4 Å². The lowest BCUT2D eigenvalue weighted by atomic mass is 9.78. The van der Waals surface area contributed by atoms with E-state index in [9.17, 15) is 0 Å². The third-order valence-corrected chi connectivity index (χ3v) is 11.1. The Balaban J connectivity index is 1.72. The molecule has 6 rings (SSSR count). The van der Waals surface area contributed by atoms with Gasteiger partial charge in [-0.25, -0.2) is 0 Å². The SMILES string of the molecule is C=C/C(=c1/sc2ccccc2c1=C)N(c1ccc(C(C)(C)C)cc1)c1cc2c(c(C=C)c1C=C)-c1ccc(C(C)(C)C)cc1C2(C)C. The summed E-state index contributed by atoms with van der Waals surface area (Å²) in [6, 6.07) is 26.9. The van der Waals surface area contributed by atoms with Crippen LogP contribution in [0.5, 0.6) is 0 Å². The van der Waals surface area contributed by atoms with E-state index in [1.54, 1.807) is 11.3 Å². The average Bonchev–Trinajstić information content (AvgIpc) is 3.48. The fourth-order valence-electron chi connectivity index (χ4n) is 7.10. The molecule has 0 amide bonds. The van der Waals surface area contributed by atoms with Crippen LogP contribution in [0, 0.1) is 0 Å². The topological polar surface area (TPSA) is 3.24 Å². The summed E-state index contributed by atoms with van der Waals surface area (Å²) in [5.41, 5.74) is 13.0. The fraction of sp³-hybridized carbons (Fsp3) is 0.244. The molecular formula is C45H47NS. The highest BCUT2D eigenvalue weighted by Crippen LogP contribution is 2.54. The van der Waals surface area contributed by atoms with E-state index in [1.165, 1.54) is 43.5 Å². The molecule has 1 heterocycles. The smallest absolute Gasteiger partial charge is 0.0634 e. The first-order valence-corrected chi connectivity index (χ1v) is 17.3. The van der Waals surface area contributed by atoms with Gasteiger partial charge in [0.1, 0.15) is 0 Å². The molecule has 0 spiro atoms. The van der Waals surface area contributed by atoms with Crippen LogP contribution in [0.1, 0.15) is 88.8 Å².